The third-order valence-corrected chi connectivity index (χ3v) is 0.964. The quantitative estimate of drug-likeness (QED) is 0.609. The van der Waals surface area contributed by atoms with Gasteiger partial charge in [0.1, 0.15) is 5.60 Å². The fraction of sp³-hybridized carbons (Fsp3) is 0.750. The van der Waals surface area contributed by atoms with Crippen molar-refractivity contribution in [2.45, 2.75) is 39.4 Å². The minimum atomic E-state index is -1.10. The molecule has 0 aliphatic rings. The zero-order valence-corrected chi connectivity index (χ0v) is 7.42. The van der Waals surface area contributed by atoms with E-state index >= 15 is 0 Å². The molecule has 1 radical (unpaired) electrons. The molecule has 0 saturated heterocycles. The molecule has 3 nitrogen and oxygen atoms in total. The molecule has 0 aromatic rings. The Kier molecular flexibility index (Phi) is 3.52. The number of rotatable bonds is 2. The molecule has 3 heteroatoms. The van der Waals surface area contributed by atoms with E-state index in [2.05, 4.69) is 0 Å². The Morgan fingerprint density at radius 2 is 2.00 bits per heavy atom. The maximum Gasteiger partial charge on any atom is 0.335 e. The number of aliphatic hydroxyl groups is 1. The SMILES string of the molecule is C[CH]C(O)C(=O)OC(C)(C)C. The first-order valence-electron chi connectivity index (χ1n) is 3.57. The summed E-state index contributed by atoms with van der Waals surface area (Å²) in [5.74, 6) is -0.597. The highest BCUT2D eigenvalue weighted by atomic mass is 16.6. The molecule has 1 N–H and O–H groups in total. The molecule has 0 rings (SSSR count). The van der Waals surface area contributed by atoms with Gasteiger partial charge in [0.2, 0.25) is 0 Å². The van der Waals surface area contributed by atoms with E-state index in [4.69, 9.17) is 9.84 Å². The van der Waals surface area contributed by atoms with E-state index in [0.717, 1.165) is 0 Å². The number of esters is 1. The van der Waals surface area contributed by atoms with Crippen LogP contribution in [0, 0.1) is 6.42 Å². The second-order valence-corrected chi connectivity index (χ2v) is 3.31. The first-order chi connectivity index (χ1) is 4.87. The number of ether oxygens (including phenoxy) is 1. The van der Waals surface area contributed by atoms with Crippen LogP contribution >= 0.6 is 0 Å². The van der Waals surface area contributed by atoms with Gasteiger partial charge in [0.15, 0.2) is 6.10 Å². The Labute approximate surface area is 67.4 Å². The van der Waals surface area contributed by atoms with Crippen molar-refractivity contribution in [2.75, 3.05) is 0 Å². The van der Waals surface area contributed by atoms with Crippen molar-refractivity contribution in [3.8, 4) is 0 Å². The van der Waals surface area contributed by atoms with Crippen molar-refractivity contribution in [1.29, 1.82) is 0 Å². The summed E-state index contributed by atoms with van der Waals surface area (Å²) < 4.78 is 4.87. The second-order valence-electron chi connectivity index (χ2n) is 3.31. The summed E-state index contributed by atoms with van der Waals surface area (Å²) in [7, 11) is 0. The molecule has 65 valence electrons. The fourth-order valence-electron chi connectivity index (χ4n) is 0.498. The molecule has 1 atom stereocenters. The molecular weight excluding hydrogens is 144 g/mol. The van der Waals surface area contributed by atoms with E-state index < -0.39 is 17.7 Å². The van der Waals surface area contributed by atoms with E-state index in [0.29, 0.717) is 0 Å². The van der Waals surface area contributed by atoms with Gasteiger partial charge in [0.25, 0.3) is 0 Å². The molecule has 0 heterocycles. The predicted molar refractivity (Wildman–Crippen MR) is 41.8 cm³/mol. The minimum Gasteiger partial charge on any atom is -0.458 e. The van der Waals surface area contributed by atoms with Crippen LogP contribution in [0.25, 0.3) is 0 Å². The van der Waals surface area contributed by atoms with Crippen LogP contribution in [-0.4, -0.2) is 22.8 Å². The van der Waals surface area contributed by atoms with E-state index in [9.17, 15) is 4.79 Å². The number of carbonyl (C=O) groups excluding carboxylic acids is 1. The Hall–Kier alpha value is -0.570. The van der Waals surface area contributed by atoms with Crippen molar-refractivity contribution in [3.05, 3.63) is 6.42 Å². The van der Waals surface area contributed by atoms with E-state index in [1.54, 1.807) is 27.7 Å². The standard InChI is InChI=1S/C8H15O3/c1-5-6(9)7(10)11-8(2,3)4/h5-6,9H,1-4H3. The smallest absolute Gasteiger partial charge is 0.335 e. The molecule has 0 aromatic heterocycles. The highest BCUT2D eigenvalue weighted by molar-refractivity contribution is 5.76. The lowest BCUT2D eigenvalue weighted by Gasteiger charge is -2.20. The average molecular weight is 159 g/mol. The van der Waals surface area contributed by atoms with Gasteiger partial charge < -0.3 is 9.84 Å². The Bertz CT molecular complexity index is 135. The summed E-state index contributed by atoms with van der Waals surface area (Å²) in [6.45, 7) is 6.88. The molecule has 0 amide bonds. The van der Waals surface area contributed by atoms with Gasteiger partial charge in [-0.15, -0.1) is 0 Å². The van der Waals surface area contributed by atoms with Crippen molar-refractivity contribution in [1.82, 2.24) is 0 Å². The molecule has 0 fully saturated rings. The van der Waals surface area contributed by atoms with Crippen molar-refractivity contribution < 1.29 is 14.6 Å². The second kappa shape index (κ2) is 3.72. The molecule has 0 aliphatic heterocycles. The predicted octanol–water partition coefficient (Wildman–Crippen LogP) is 0.913. The minimum absolute atomic E-state index is 0.527. The molecule has 0 aromatic carbocycles. The van der Waals surface area contributed by atoms with Gasteiger partial charge in [-0.05, 0) is 27.2 Å². The zero-order valence-electron chi connectivity index (χ0n) is 7.42. The van der Waals surface area contributed by atoms with E-state index in [-0.39, 0.29) is 0 Å². The zero-order chi connectivity index (χ0) is 9.07. The molecule has 0 bridgehead atoms. The Balaban J connectivity index is 3.88. The van der Waals surface area contributed by atoms with Gasteiger partial charge in [-0.2, -0.15) is 0 Å². The molecule has 1 unspecified atom stereocenters. The van der Waals surface area contributed by atoms with Gasteiger partial charge in [-0.3, -0.25) is 0 Å². The van der Waals surface area contributed by atoms with Crippen molar-refractivity contribution in [3.63, 3.8) is 0 Å². The lowest BCUT2D eigenvalue weighted by molar-refractivity contribution is -0.163. The van der Waals surface area contributed by atoms with Crippen LogP contribution in [0.15, 0.2) is 0 Å². The molecule has 0 saturated carbocycles. The highest BCUT2D eigenvalue weighted by Crippen LogP contribution is 2.08. The van der Waals surface area contributed by atoms with Crippen LogP contribution in [0.4, 0.5) is 0 Å². The van der Waals surface area contributed by atoms with Gasteiger partial charge in [-0.25, -0.2) is 4.79 Å². The molecule has 0 aliphatic carbocycles. The van der Waals surface area contributed by atoms with Gasteiger partial charge in [0, 0.05) is 0 Å². The average Bonchev–Trinajstić information content (AvgIpc) is 1.82. The Morgan fingerprint density at radius 3 is 2.27 bits per heavy atom. The molecular formula is C8H15O3. The topological polar surface area (TPSA) is 46.5 Å². The van der Waals surface area contributed by atoms with Crippen LogP contribution in [0.5, 0.6) is 0 Å². The van der Waals surface area contributed by atoms with Crippen LogP contribution in [0.3, 0.4) is 0 Å². The number of hydrogen-bond acceptors (Lipinski definition) is 3. The first-order valence-corrected chi connectivity index (χ1v) is 3.57. The van der Waals surface area contributed by atoms with E-state index in [1.807, 2.05) is 0 Å². The lowest BCUT2D eigenvalue weighted by Crippen LogP contribution is -2.31. The lowest BCUT2D eigenvalue weighted by atomic mass is 10.2. The highest BCUT2D eigenvalue weighted by Gasteiger charge is 2.21. The number of hydrogen-bond donors (Lipinski definition) is 1. The fourth-order valence-corrected chi connectivity index (χ4v) is 0.498. The van der Waals surface area contributed by atoms with E-state index in [1.165, 1.54) is 6.42 Å². The monoisotopic (exact) mass is 159 g/mol. The van der Waals surface area contributed by atoms with Gasteiger partial charge in [-0.1, -0.05) is 6.92 Å². The number of carbonyl (C=O) groups is 1. The third kappa shape index (κ3) is 4.79. The van der Waals surface area contributed by atoms with Gasteiger partial charge in [0.05, 0.1) is 0 Å². The summed E-state index contributed by atoms with van der Waals surface area (Å²) in [5.41, 5.74) is -0.527. The number of aliphatic hydroxyl groups excluding tert-OH is 1. The van der Waals surface area contributed by atoms with Crippen LogP contribution in [0.2, 0.25) is 0 Å². The largest absolute Gasteiger partial charge is 0.458 e. The maximum atomic E-state index is 10.9. The molecule has 0 spiro atoms. The summed E-state index contributed by atoms with van der Waals surface area (Å²) in [6.07, 6.45) is 0.280. The van der Waals surface area contributed by atoms with Crippen LogP contribution in [-0.2, 0) is 9.53 Å². The van der Waals surface area contributed by atoms with Crippen molar-refractivity contribution in [2.24, 2.45) is 0 Å². The van der Waals surface area contributed by atoms with Crippen LogP contribution < -0.4 is 0 Å². The summed E-state index contributed by atoms with van der Waals surface area (Å²) in [6, 6.07) is 0. The third-order valence-electron chi connectivity index (χ3n) is 0.964. The normalized spacial score (nSPS) is 14.3. The summed E-state index contributed by atoms with van der Waals surface area (Å²) >= 11 is 0. The first kappa shape index (κ1) is 10.4. The summed E-state index contributed by atoms with van der Waals surface area (Å²) in [5, 5.41) is 8.96. The van der Waals surface area contributed by atoms with Crippen molar-refractivity contribution >= 4 is 5.97 Å². The summed E-state index contributed by atoms with van der Waals surface area (Å²) in [4.78, 5) is 10.9. The van der Waals surface area contributed by atoms with Crippen LogP contribution in [0.1, 0.15) is 27.7 Å². The van der Waals surface area contributed by atoms with Gasteiger partial charge >= 0.3 is 5.97 Å². The molecule has 11 heavy (non-hydrogen) atoms. The Morgan fingerprint density at radius 1 is 1.55 bits per heavy atom. The maximum absolute atomic E-state index is 10.9.